The minimum atomic E-state index is -0.854. The van der Waals surface area contributed by atoms with Crippen LogP contribution in [0.25, 0.3) is 0 Å². The van der Waals surface area contributed by atoms with Crippen LogP contribution < -0.4 is 15.4 Å². The third-order valence-corrected chi connectivity index (χ3v) is 4.14. The Morgan fingerprint density at radius 1 is 1.21 bits per heavy atom. The minimum absolute atomic E-state index is 0.196. The Morgan fingerprint density at radius 2 is 1.96 bits per heavy atom. The van der Waals surface area contributed by atoms with E-state index in [0.717, 1.165) is 5.56 Å². The topological polar surface area (TPSA) is 103 Å². The van der Waals surface area contributed by atoms with Crippen molar-refractivity contribution in [2.75, 3.05) is 13.2 Å². The van der Waals surface area contributed by atoms with E-state index < -0.39 is 30.1 Å². The summed E-state index contributed by atoms with van der Waals surface area (Å²) in [6, 6.07) is 6.33. The minimum Gasteiger partial charge on any atom is -0.479 e. The van der Waals surface area contributed by atoms with Crippen molar-refractivity contribution in [1.29, 1.82) is 0 Å². The van der Waals surface area contributed by atoms with Gasteiger partial charge in [-0.3, -0.25) is 0 Å². The smallest absolute Gasteiger partial charge is 0.347 e. The Bertz CT molecular complexity index is 774. The Balaban J connectivity index is 2.08. The maximum atomic E-state index is 12.3. The molecule has 1 aromatic carbocycles. The van der Waals surface area contributed by atoms with Gasteiger partial charge < -0.3 is 24.8 Å². The highest BCUT2D eigenvalue weighted by Gasteiger charge is 2.32. The summed E-state index contributed by atoms with van der Waals surface area (Å²) in [5.41, 5.74) is 1.47. The van der Waals surface area contributed by atoms with Gasteiger partial charge in [-0.1, -0.05) is 19.1 Å². The lowest BCUT2D eigenvalue weighted by molar-refractivity contribution is -0.150. The van der Waals surface area contributed by atoms with E-state index in [-0.39, 0.29) is 24.5 Å². The molecule has 0 unspecified atom stereocenters. The van der Waals surface area contributed by atoms with Crippen molar-refractivity contribution in [3.05, 3.63) is 41.1 Å². The van der Waals surface area contributed by atoms with Crippen LogP contribution in [0.3, 0.4) is 0 Å². The number of ether oxygens (including phenoxy) is 3. The lowest BCUT2D eigenvalue weighted by Gasteiger charge is -2.28. The van der Waals surface area contributed by atoms with Crippen LogP contribution in [0, 0.1) is 6.92 Å². The predicted molar refractivity (Wildman–Crippen MR) is 102 cm³/mol. The number of aryl methyl sites for hydroxylation is 1. The molecule has 1 aromatic rings. The number of hydrogen-bond acceptors (Lipinski definition) is 6. The highest BCUT2D eigenvalue weighted by atomic mass is 16.6. The van der Waals surface area contributed by atoms with Gasteiger partial charge in [-0.15, -0.1) is 0 Å². The molecule has 2 amide bonds. The SMILES string of the molecule is CCOC(=O)C1=C(COC(=O)[C@@H](C)Oc2cccc(C)c2)NC(=O)N[C@@H]1CC. The van der Waals surface area contributed by atoms with Gasteiger partial charge in [0.25, 0.3) is 0 Å². The standard InChI is InChI=1S/C20H26N2O6/c1-5-15-17(19(24)26-6-2)16(22-20(25)21-15)11-27-18(23)13(4)28-14-9-7-8-12(3)10-14/h7-10,13,15H,5-6,11H2,1-4H3,(H2,21,22,25)/t13-,15-/m1/s1. The molecule has 0 saturated carbocycles. The quantitative estimate of drug-likeness (QED) is 0.660. The van der Waals surface area contributed by atoms with E-state index in [0.29, 0.717) is 12.2 Å². The van der Waals surface area contributed by atoms with Gasteiger partial charge in [0.15, 0.2) is 6.10 Å². The van der Waals surface area contributed by atoms with E-state index >= 15 is 0 Å². The van der Waals surface area contributed by atoms with E-state index in [9.17, 15) is 14.4 Å². The first-order chi connectivity index (χ1) is 13.3. The van der Waals surface area contributed by atoms with Gasteiger partial charge in [-0.25, -0.2) is 14.4 Å². The van der Waals surface area contributed by atoms with Gasteiger partial charge in [0.05, 0.1) is 23.9 Å². The van der Waals surface area contributed by atoms with Crippen LogP contribution in [0.15, 0.2) is 35.5 Å². The molecule has 2 atom stereocenters. The number of carbonyl (C=O) groups excluding carboxylic acids is 3. The molecule has 8 nitrogen and oxygen atoms in total. The highest BCUT2D eigenvalue weighted by Crippen LogP contribution is 2.18. The van der Waals surface area contributed by atoms with Crippen molar-refractivity contribution >= 4 is 18.0 Å². The number of carbonyl (C=O) groups is 3. The summed E-state index contributed by atoms with van der Waals surface area (Å²) in [5, 5.41) is 5.19. The summed E-state index contributed by atoms with van der Waals surface area (Å²) >= 11 is 0. The number of esters is 2. The normalized spacial score (nSPS) is 17.3. The van der Waals surface area contributed by atoms with E-state index in [2.05, 4.69) is 10.6 Å². The molecule has 152 valence electrons. The molecule has 2 rings (SSSR count). The monoisotopic (exact) mass is 390 g/mol. The molecule has 1 aliphatic heterocycles. The van der Waals surface area contributed by atoms with Gasteiger partial charge in [0.2, 0.25) is 0 Å². The van der Waals surface area contributed by atoms with Gasteiger partial charge >= 0.3 is 18.0 Å². The van der Waals surface area contributed by atoms with E-state index in [1.54, 1.807) is 19.9 Å². The van der Waals surface area contributed by atoms with E-state index in [1.807, 2.05) is 32.0 Å². The summed E-state index contributed by atoms with van der Waals surface area (Å²) in [5.74, 6) is -0.618. The first-order valence-electron chi connectivity index (χ1n) is 9.23. The number of benzene rings is 1. The fourth-order valence-electron chi connectivity index (χ4n) is 2.78. The van der Waals surface area contributed by atoms with Crippen LogP contribution in [0.4, 0.5) is 4.79 Å². The second-order valence-corrected chi connectivity index (χ2v) is 6.36. The second kappa shape index (κ2) is 9.77. The Labute approximate surface area is 164 Å². The molecule has 28 heavy (non-hydrogen) atoms. The van der Waals surface area contributed by atoms with Crippen molar-refractivity contribution in [3.8, 4) is 5.75 Å². The van der Waals surface area contributed by atoms with Crippen LogP contribution in [-0.4, -0.2) is 43.3 Å². The zero-order chi connectivity index (χ0) is 20.7. The third-order valence-electron chi connectivity index (χ3n) is 4.14. The molecular formula is C20H26N2O6. The molecule has 8 heteroatoms. The summed E-state index contributed by atoms with van der Waals surface area (Å²) in [6.07, 6.45) is -0.362. The van der Waals surface area contributed by atoms with Gasteiger partial charge in [-0.05, 0) is 44.9 Å². The maximum Gasteiger partial charge on any atom is 0.347 e. The molecule has 0 spiro atoms. The van der Waals surface area contributed by atoms with Gasteiger partial charge in [-0.2, -0.15) is 0 Å². The van der Waals surface area contributed by atoms with Crippen LogP contribution in [0.5, 0.6) is 5.75 Å². The molecule has 0 saturated heterocycles. The number of hydrogen-bond donors (Lipinski definition) is 2. The molecule has 0 bridgehead atoms. The van der Waals surface area contributed by atoms with Crippen LogP contribution in [0.2, 0.25) is 0 Å². The first-order valence-corrected chi connectivity index (χ1v) is 9.23. The Hall–Kier alpha value is -3.03. The maximum absolute atomic E-state index is 12.3. The van der Waals surface area contributed by atoms with Crippen molar-refractivity contribution in [2.45, 2.75) is 46.3 Å². The average Bonchev–Trinajstić information content (AvgIpc) is 2.65. The van der Waals surface area contributed by atoms with Crippen LogP contribution in [0.1, 0.15) is 32.8 Å². The third kappa shape index (κ3) is 5.48. The van der Waals surface area contributed by atoms with Gasteiger partial charge in [0, 0.05) is 0 Å². The van der Waals surface area contributed by atoms with Crippen molar-refractivity contribution < 1.29 is 28.6 Å². The van der Waals surface area contributed by atoms with E-state index in [1.165, 1.54) is 0 Å². The van der Waals surface area contributed by atoms with Crippen molar-refractivity contribution in [2.24, 2.45) is 0 Å². The molecule has 0 aliphatic carbocycles. The number of nitrogens with one attached hydrogen (secondary N) is 2. The van der Waals surface area contributed by atoms with Crippen molar-refractivity contribution in [3.63, 3.8) is 0 Å². The van der Waals surface area contributed by atoms with Crippen molar-refractivity contribution in [1.82, 2.24) is 10.6 Å². The molecule has 2 N–H and O–H groups in total. The summed E-state index contributed by atoms with van der Waals surface area (Å²) in [7, 11) is 0. The lowest BCUT2D eigenvalue weighted by Crippen LogP contribution is -2.51. The number of rotatable bonds is 8. The fourth-order valence-corrected chi connectivity index (χ4v) is 2.78. The molecule has 1 heterocycles. The lowest BCUT2D eigenvalue weighted by atomic mass is 10.0. The largest absolute Gasteiger partial charge is 0.479 e. The Morgan fingerprint density at radius 3 is 2.61 bits per heavy atom. The summed E-state index contributed by atoms with van der Waals surface area (Å²) in [6.45, 7) is 6.94. The zero-order valence-corrected chi connectivity index (χ0v) is 16.5. The Kier molecular flexibility index (Phi) is 7.43. The molecule has 0 fully saturated rings. The molecule has 1 aliphatic rings. The second-order valence-electron chi connectivity index (χ2n) is 6.36. The molecule has 0 radical (unpaired) electrons. The fraction of sp³-hybridized carbons (Fsp3) is 0.450. The van der Waals surface area contributed by atoms with E-state index in [4.69, 9.17) is 14.2 Å². The number of amides is 2. The summed E-state index contributed by atoms with van der Waals surface area (Å²) < 4.78 is 15.9. The number of urea groups is 1. The molecule has 0 aromatic heterocycles. The average molecular weight is 390 g/mol. The predicted octanol–water partition coefficient (Wildman–Crippen LogP) is 2.21. The van der Waals surface area contributed by atoms with Gasteiger partial charge in [0.1, 0.15) is 12.4 Å². The zero-order valence-electron chi connectivity index (χ0n) is 16.5. The van der Waals surface area contributed by atoms with Crippen LogP contribution >= 0.6 is 0 Å². The summed E-state index contributed by atoms with van der Waals surface area (Å²) in [4.78, 5) is 36.4. The highest BCUT2D eigenvalue weighted by molar-refractivity contribution is 5.95. The molecular weight excluding hydrogens is 364 g/mol. The van der Waals surface area contributed by atoms with Crippen LogP contribution in [-0.2, 0) is 19.1 Å². The first kappa shape index (κ1) is 21.3.